The Morgan fingerprint density at radius 3 is 2.50 bits per heavy atom. The number of amides is 3. The van der Waals surface area contributed by atoms with Gasteiger partial charge in [-0.3, -0.25) is 14.2 Å². The molecule has 0 saturated carbocycles. The molecule has 9 heteroatoms. The van der Waals surface area contributed by atoms with Crippen LogP contribution >= 0.6 is 11.3 Å². The maximum absolute atomic E-state index is 12.7. The molecule has 0 aliphatic heterocycles. The summed E-state index contributed by atoms with van der Waals surface area (Å²) in [5, 5.41) is 8.70. The van der Waals surface area contributed by atoms with E-state index in [2.05, 4.69) is 27.5 Å². The minimum absolute atomic E-state index is 0.125. The fourth-order valence-electron chi connectivity index (χ4n) is 2.85. The summed E-state index contributed by atoms with van der Waals surface area (Å²) < 4.78 is 1.47. The quantitative estimate of drug-likeness (QED) is 0.505. The molecule has 30 heavy (non-hydrogen) atoms. The van der Waals surface area contributed by atoms with Crippen molar-refractivity contribution < 1.29 is 9.59 Å². The van der Waals surface area contributed by atoms with Crippen LogP contribution < -0.4 is 21.5 Å². The first kappa shape index (κ1) is 21.3. The third-order valence-corrected chi connectivity index (χ3v) is 5.68. The largest absolute Gasteiger partial charge is 0.334 e. The van der Waals surface area contributed by atoms with Crippen LogP contribution in [-0.2, 0) is 11.3 Å². The maximum atomic E-state index is 12.7. The molecule has 3 amide bonds. The molecule has 2 aromatic heterocycles. The number of hydrogen-bond donors (Lipinski definition) is 3. The zero-order valence-electron chi connectivity index (χ0n) is 16.8. The number of nitrogens with zero attached hydrogens (tertiary/aromatic N) is 2. The highest BCUT2D eigenvalue weighted by Gasteiger charge is 2.13. The van der Waals surface area contributed by atoms with E-state index in [1.54, 1.807) is 30.3 Å². The third kappa shape index (κ3) is 4.93. The molecule has 0 radical (unpaired) electrons. The summed E-state index contributed by atoms with van der Waals surface area (Å²) in [6.07, 6.45) is 3.22. The van der Waals surface area contributed by atoms with Crippen molar-refractivity contribution in [3.05, 3.63) is 64.0 Å². The number of hydrogen-bond acceptors (Lipinski definition) is 5. The average molecular weight is 426 g/mol. The molecule has 1 aromatic carbocycles. The van der Waals surface area contributed by atoms with Crippen LogP contribution in [0.15, 0.2) is 48.0 Å². The molecule has 3 rings (SSSR count). The first-order chi connectivity index (χ1) is 14.4. The maximum Gasteiger partial charge on any atom is 0.319 e. The topological polar surface area (TPSA) is 105 Å². The number of aryl methyl sites for hydroxylation is 3. The predicted molar refractivity (Wildman–Crippen MR) is 120 cm³/mol. The number of carbonyl (C=O) groups excluding carboxylic acids is 2. The molecule has 3 N–H and O–H groups in total. The summed E-state index contributed by atoms with van der Waals surface area (Å²) in [6, 6.07) is 6.43. The van der Waals surface area contributed by atoms with Crippen molar-refractivity contribution in [3.8, 4) is 0 Å². The van der Waals surface area contributed by atoms with Gasteiger partial charge in [-0.25, -0.2) is 9.78 Å². The molecule has 2 heterocycles. The first-order valence-electron chi connectivity index (χ1n) is 9.40. The molecule has 8 nitrogen and oxygen atoms in total. The summed E-state index contributed by atoms with van der Waals surface area (Å²) >= 11 is 1.50. The van der Waals surface area contributed by atoms with Crippen molar-refractivity contribution in [2.24, 2.45) is 0 Å². The van der Waals surface area contributed by atoms with Crippen LogP contribution in [0, 0.1) is 13.8 Å². The fraction of sp³-hybridized carbons (Fsp3) is 0.238. The molecule has 0 spiro atoms. The second kappa shape index (κ2) is 9.36. The van der Waals surface area contributed by atoms with Crippen LogP contribution in [0.4, 0.5) is 16.2 Å². The molecule has 0 bridgehead atoms. The molecular weight excluding hydrogens is 402 g/mol. The van der Waals surface area contributed by atoms with Crippen molar-refractivity contribution in [2.75, 3.05) is 17.2 Å². The molecule has 3 aromatic rings. The minimum atomic E-state index is -0.334. The van der Waals surface area contributed by atoms with E-state index in [0.717, 1.165) is 15.3 Å². The molecule has 0 saturated heterocycles. The van der Waals surface area contributed by atoms with E-state index in [4.69, 9.17) is 0 Å². The van der Waals surface area contributed by atoms with E-state index in [-0.39, 0.29) is 30.5 Å². The van der Waals surface area contributed by atoms with Crippen molar-refractivity contribution in [1.29, 1.82) is 0 Å². The number of carbonyl (C=O) groups is 2. The summed E-state index contributed by atoms with van der Waals surface area (Å²) in [6.45, 7) is 8.02. The van der Waals surface area contributed by atoms with Crippen molar-refractivity contribution >= 4 is 44.9 Å². The van der Waals surface area contributed by atoms with E-state index in [9.17, 15) is 14.4 Å². The van der Waals surface area contributed by atoms with E-state index < -0.39 is 0 Å². The van der Waals surface area contributed by atoms with Crippen LogP contribution in [0.5, 0.6) is 0 Å². The molecular formula is C21H23N5O3S. The number of thiophene rings is 1. The monoisotopic (exact) mass is 425 g/mol. The van der Waals surface area contributed by atoms with Gasteiger partial charge in [0.05, 0.1) is 11.7 Å². The lowest BCUT2D eigenvalue weighted by atomic mass is 10.2. The lowest BCUT2D eigenvalue weighted by Crippen LogP contribution is -2.28. The minimum Gasteiger partial charge on any atom is -0.334 e. The van der Waals surface area contributed by atoms with Gasteiger partial charge in [-0.15, -0.1) is 17.9 Å². The number of urea groups is 1. The first-order valence-corrected chi connectivity index (χ1v) is 10.2. The number of benzene rings is 1. The van der Waals surface area contributed by atoms with E-state index >= 15 is 0 Å². The van der Waals surface area contributed by atoms with Gasteiger partial charge in [0.2, 0.25) is 5.91 Å². The number of fused-ring (bicyclic) bond motifs is 1. The smallest absolute Gasteiger partial charge is 0.319 e. The van der Waals surface area contributed by atoms with Gasteiger partial charge >= 0.3 is 6.03 Å². The fourth-order valence-corrected chi connectivity index (χ4v) is 3.84. The lowest BCUT2D eigenvalue weighted by molar-refractivity contribution is -0.116. The zero-order chi connectivity index (χ0) is 21.7. The molecule has 0 aliphatic carbocycles. The van der Waals surface area contributed by atoms with Gasteiger partial charge in [0, 0.05) is 35.8 Å². The highest BCUT2D eigenvalue weighted by molar-refractivity contribution is 7.18. The van der Waals surface area contributed by atoms with Crippen LogP contribution in [0.2, 0.25) is 0 Å². The summed E-state index contributed by atoms with van der Waals surface area (Å²) in [5.74, 6) is -0.218. The van der Waals surface area contributed by atoms with Gasteiger partial charge in [0.1, 0.15) is 4.83 Å². The highest BCUT2D eigenvalue weighted by Crippen LogP contribution is 2.25. The van der Waals surface area contributed by atoms with E-state index in [1.807, 2.05) is 13.8 Å². The SMILES string of the molecule is C=CCNC(=O)Nc1ccc(NC(=O)CCn2cnc3sc(C)c(C)c3c2=O)cc1. The predicted octanol–water partition coefficient (Wildman–Crippen LogP) is 3.41. The van der Waals surface area contributed by atoms with Gasteiger partial charge in [-0.1, -0.05) is 6.08 Å². The second-order valence-electron chi connectivity index (χ2n) is 6.71. The van der Waals surface area contributed by atoms with Crippen molar-refractivity contribution in [3.63, 3.8) is 0 Å². The number of anilines is 2. The Morgan fingerprint density at radius 2 is 1.83 bits per heavy atom. The van der Waals surface area contributed by atoms with Crippen LogP contribution in [-0.4, -0.2) is 28.0 Å². The molecule has 0 fully saturated rings. The Labute approximate surface area is 177 Å². The number of rotatable bonds is 7. The Kier molecular flexibility index (Phi) is 6.63. The van der Waals surface area contributed by atoms with Gasteiger partial charge in [0.15, 0.2) is 0 Å². The van der Waals surface area contributed by atoms with E-state index in [0.29, 0.717) is 23.3 Å². The van der Waals surface area contributed by atoms with Gasteiger partial charge < -0.3 is 16.0 Å². The Bertz CT molecular complexity index is 1150. The van der Waals surface area contributed by atoms with Gasteiger partial charge in [-0.05, 0) is 43.7 Å². The van der Waals surface area contributed by atoms with Crippen LogP contribution in [0.25, 0.3) is 10.2 Å². The average Bonchev–Trinajstić information content (AvgIpc) is 3.02. The molecule has 0 atom stereocenters. The number of aromatic nitrogens is 2. The second-order valence-corrected chi connectivity index (χ2v) is 7.91. The van der Waals surface area contributed by atoms with Gasteiger partial charge in [-0.2, -0.15) is 0 Å². The van der Waals surface area contributed by atoms with Crippen LogP contribution in [0.1, 0.15) is 16.9 Å². The van der Waals surface area contributed by atoms with E-state index in [1.165, 1.54) is 22.2 Å². The van der Waals surface area contributed by atoms with Crippen molar-refractivity contribution in [2.45, 2.75) is 26.8 Å². The van der Waals surface area contributed by atoms with Crippen molar-refractivity contribution in [1.82, 2.24) is 14.9 Å². The van der Waals surface area contributed by atoms with Gasteiger partial charge in [0.25, 0.3) is 5.56 Å². The Balaban J connectivity index is 1.57. The summed E-state index contributed by atoms with van der Waals surface area (Å²) in [5.41, 5.74) is 2.02. The summed E-state index contributed by atoms with van der Waals surface area (Å²) in [4.78, 5) is 42.7. The molecule has 0 aliphatic rings. The zero-order valence-corrected chi connectivity index (χ0v) is 17.6. The standard InChI is InChI=1S/C21H23N5O3S/c1-4-10-22-21(29)25-16-7-5-15(6-8-16)24-17(27)9-11-26-12-23-19-18(20(26)28)13(2)14(3)30-19/h4-8,12H,1,9-11H2,2-3H3,(H,24,27)(H2,22,25,29). The normalized spacial score (nSPS) is 10.6. The lowest BCUT2D eigenvalue weighted by Gasteiger charge is -2.09. The third-order valence-electron chi connectivity index (χ3n) is 4.57. The molecule has 0 unspecified atom stereocenters. The number of nitrogens with one attached hydrogen (secondary N) is 3. The summed E-state index contributed by atoms with van der Waals surface area (Å²) in [7, 11) is 0. The Hall–Kier alpha value is -3.46. The highest BCUT2D eigenvalue weighted by atomic mass is 32.1. The Morgan fingerprint density at radius 1 is 1.17 bits per heavy atom. The molecule has 156 valence electrons. The van der Waals surface area contributed by atoms with Crippen LogP contribution in [0.3, 0.4) is 0 Å².